The lowest BCUT2D eigenvalue weighted by Crippen LogP contribution is -2.41. The van der Waals surface area contributed by atoms with Crippen molar-refractivity contribution < 1.29 is 24.0 Å². The first-order chi connectivity index (χ1) is 12.0. The van der Waals surface area contributed by atoms with Crippen LogP contribution in [0.2, 0.25) is 0 Å². The van der Waals surface area contributed by atoms with Crippen molar-refractivity contribution in [2.24, 2.45) is 0 Å². The molecule has 7 heteroatoms. The second kappa shape index (κ2) is 7.74. The molecule has 6 nitrogen and oxygen atoms in total. The van der Waals surface area contributed by atoms with Crippen molar-refractivity contribution in [1.82, 2.24) is 0 Å². The van der Waals surface area contributed by atoms with Gasteiger partial charge in [0.15, 0.2) is 0 Å². The molecule has 0 radical (unpaired) electrons. The van der Waals surface area contributed by atoms with Crippen LogP contribution in [0.5, 0.6) is 0 Å². The van der Waals surface area contributed by atoms with Gasteiger partial charge in [-0.15, -0.1) is 0 Å². The van der Waals surface area contributed by atoms with Crippen molar-refractivity contribution in [2.45, 2.75) is 52.2 Å². The van der Waals surface area contributed by atoms with E-state index in [4.69, 9.17) is 9.31 Å². The number of rotatable bonds is 6. The molecular formula is C19H26BNO5. The van der Waals surface area contributed by atoms with Crippen LogP contribution in [0.15, 0.2) is 29.7 Å². The Kier molecular flexibility index (Phi) is 6.06. The second-order valence-corrected chi connectivity index (χ2v) is 7.51. The van der Waals surface area contributed by atoms with E-state index in [9.17, 15) is 14.7 Å². The summed E-state index contributed by atoms with van der Waals surface area (Å²) in [5, 5.41) is 12.4. The van der Waals surface area contributed by atoms with Gasteiger partial charge in [-0.1, -0.05) is 18.2 Å². The zero-order valence-electron chi connectivity index (χ0n) is 16.0. The van der Waals surface area contributed by atoms with E-state index in [0.29, 0.717) is 11.2 Å². The number of hydrogen-bond donors (Lipinski definition) is 2. The molecule has 0 aliphatic carbocycles. The molecule has 1 amide bonds. The molecule has 0 aromatic heterocycles. The van der Waals surface area contributed by atoms with Crippen LogP contribution in [-0.2, 0) is 18.9 Å². The summed E-state index contributed by atoms with van der Waals surface area (Å²) in [6.07, 6.45) is 1.67. The first-order valence-corrected chi connectivity index (χ1v) is 8.60. The molecule has 1 heterocycles. The Morgan fingerprint density at radius 2 is 1.65 bits per heavy atom. The van der Waals surface area contributed by atoms with Crippen LogP contribution < -0.4 is 5.32 Å². The topological polar surface area (TPSA) is 84.9 Å². The normalized spacial score (nSPS) is 18.7. The van der Waals surface area contributed by atoms with E-state index in [1.807, 2.05) is 45.9 Å². The van der Waals surface area contributed by atoms with Crippen molar-refractivity contribution >= 4 is 30.6 Å². The fourth-order valence-electron chi connectivity index (χ4n) is 2.49. The van der Waals surface area contributed by atoms with Crippen molar-refractivity contribution in [3.63, 3.8) is 0 Å². The Morgan fingerprint density at radius 3 is 2.12 bits per heavy atom. The van der Waals surface area contributed by atoms with E-state index in [1.54, 1.807) is 12.1 Å². The molecule has 1 aliphatic rings. The highest BCUT2D eigenvalue weighted by Gasteiger charge is 2.52. The lowest BCUT2D eigenvalue weighted by atomic mass is 9.77. The van der Waals surface area contributed by atoms with Gasteiger partial charge in [-0.05, 0) is 57.8 Å². The number of ketones is 1. The van der Waals surface area contributed by atoms with Gasteiger partial charge < -0.3 is 19.7 Å². The number of anilines is 1. The molecule has 2 N–H and O–H groups in total. The lowest BCUT2D eigenvalue weighted by Gasteiger charge is -2.32. The van der Waals surface area contributed by atoms with Crippen LogP contribution in [0.3, 0.4) is 0 Å². The SMILES string of the molecule is CC(=O)CC(=O)Nc1ccc(C=C(CO)B2OC(C)(C)C(C)(C)O2)cc1. The number of carbonyl (C=O) groups is 2. The number of Topliss-reactive ketones (excluding diaryl/α,β-unsaturated/α-hetero) is 1. The molecular weight excluding hydrogens is 333 g/mol. The Labute approximate surface area is 154 Å². The van der Waals surface area contributed by atoms with Crippen LogP contribution >= 0.6 is 0 Å². The van der Waals surface area contributed by atoms with Gasteiger partial charge in [-0.2, -0.15) is 0 Å². The molecule has 1 aliphatic heterocycles. The van der Waals surface area contributed by atoms with Crippen LogP contribution in [0.25, 0.3) is 6.08 Å². The molecule has 0 saturated carbocycles. The second-order valence-electron chi connectivity index (χ2n) is 7.51. The highest BCUT2D eigenvalue weighted by atomic mass is 16.7. The number of benzene rings is 1. The summed E-state index contributed by atoms with van der Waals surface area (Å²) in [4.78, 5) is 22.6. The summed E-state index contributed by atoms with van der Waals surface area (Å²) in [7, 11) is -0.611. The van der Waals surface area contributed by atoms with E-state index in [1.165, 1.54) is 6.92 Å². The highest BCUT2D eigenvalue weighted by molar-refractivity contribution is 6.55. The quantitative estimate of drug-likeness (QED) is 0.603. The largest absolute Gasteiger partial charge is 0.492 e. The van der Waals surface area contributed by atoms with E-state index in [2.05, 4.69) is 5.32 Å². The molecule has 1 fully saturated rings. The molecule has 0 unspecified atom stereocenters. The number of nitrogens with one attached hydrogen (secondary N) is 1. The Bertz CT molecular complexity index is 693. The summed E-state index contributed by atoms with van der Waals surface area (Å²) < 4.78 is 11.9. The number of aliphatic hydroxyl groups excluding tert-OH is 1. The fraction of sp³-hybridized carbons (Fsp3) is 0.474. The third-order valence-corrected chi connectivity index (χ3v) is 4.69. The standard InChI is InChI=1S/C19H26BNO5/c1-13(23)10-17(24)21-16-8-6-14(7-9-16)11-15(12-22)20-25-18(2,3)19(4,5)26-20/h6-9,11,22H,10,12H2,1-5H3,(H,21,24). The van der Waals surface area contributed by atoms with Crippen molar-refractivity contribution in [3.8, 4) is 0 Å². The van der Waals surface area contributed by atoms with E-state index >= 15 is 0 Å². The molecule has 0 spiro atoms. The summed E-state index contributed by atoms with van der Waals surface area (Å²) >= 11 is 0. The molecule has 1 saturated heterocycles. The van der Waals surface area contributed by atoms with Gasteiger partial charge in [0.1, 0.15) is 5.78 Å². The molecule has 1 aromatic rings. The summed E-state index contributed by atoms with van der Waals surface area (Å²) in [5.74, 6) is -0.522. The predicted octanol–water partition coefficient (Wildman–Crippen LogP) is 2.61. The number of carbonyl (C=O) groups excluding carboxylic acids is 2. The summed E-state index contributed by atoms with van der Waals surface area (Å²) in [6.45, 7) is 9.02. The van der Waals surface area contributed by atoms with E-state index < -0.39 is 18.3 Å². The maximum absolute atomic E-state index is 11.6. The van der Waals surface area contributed by atoms with Gasteiger partial charge in [0.05, 0.1) is 24.2 Å². The van der Waals surface area contributed by atoms with Crippen molar-refractivity contribution in [2.75, 3.05) is 11.9 Å². The number of aliphatic hydroxyl groups is 1. The molecule has 1 aromatic carbocycles. The molecule has 0 bridgehead atoms. The van der Waals surface area contributed by atoms with Gasteiger partial charge in [-0.25, -0.2) is 0 Å². The zero-order chi connectivity index (χ0) is 19.5. The van der Waals surface area contributed by atoms with Crippen molar-refractivity contribution in [3.05, 3.63) is 35.3 Å². The fourth-order valence-corrected chi connectivity index (χ4v) is 2.49. The minimum atomic E-state index is -0.611. The number of hydrogen-bond acceptors (Lipinski definition) is 5. The third-order valence-electron chi connectivity index (χ3n) is 4.69. The first kappa shape index (κ1) is 20.4. The molecule has 140 valence electrons. The van der Waals surface area contributed by atoms with Crippen LogP contribution in [0.4, 0.5) is 5.69 Å². The monoisotopic (exact) mass is 359 g/mol. The molecule has 2 rings (SSSR count). The van der Waals surface area contributed by atoms with Gasteiger partial charge in [0.25, 0.3) is 0 Å². The predicted molar refractivity (Wildman–Crippen MR) is 102 cm³/mol. The number of amides is 1. The Hall–Kier alpha value is -1.96. The average molecular weight is 359 g/mol. The summed E-state index contributed by atoms with van der Waals surface area (Å²) in [5.41, 5.74) is 1.12. The molecule has 26 heavy (non-hydrogen) atoms. The van der Waals surface area contributed by atoms with E-state index in [0.717, 1.165) is 5.56 Å². The maximum atomic E-state index is 11.6. The third kappa shape index (κ3) is 4.81. The van der Waals surface area contributed by atoms with Crippen LogP contribution in [-0.4, -0.2) is 41.7 Å². The average Bonchev–Trinajstić information content (AvgIpc) is 2.73. The minimum Gasteiger partial charge on any atom is -0.400 e. The minimum absolute atomic E-state index is 0.141. The van der Waals surface area contributed by atoms with E-state index in [-0.39, 0.29) is 24.7 Å². The first-order valence-electron chi connectivity index (χ1n) is 8.60. The Balaban J connectivity index is 2.10. The highest BCUT2D eigenvalue weighted by Crippen LogP contribution is 2.38. The van der Waals surface area contributed by atoms with Gasteiger partial charge in [0, 0.05) is 5.69 Å². The summed E-state index contributed by atoms with van der Waals surface area (Å²) in [6, 6.07) is 7.10. The zero-order valence-corrected chi connectivity index (χ0v) is 16.0. The Morgan fingerprint density at radius 1 is 1.12 bits per heavy atom. The lowest BCUT2D eigenvalue weighted by molar-refractivity contribution is -0.124. The smallest absolute Gasteiger partial charge is 0.400 e. The van der Waals surface area contributed by atoms with Gasteiger partial charge >= 0.3 is 7.12 Å². The van der Waals surface area contributed by atoms with Gasteiger partial charge in [0.2, 0.25) is 5.91 Å². The van der Waals surface area contributed by atoms with Crippen LogP contribution in [0.1, 0.15) is 46.6 Å². The van der Waals surface area contributed by atoms with Crippen molar-refractivity contribution in [1.29, 1.82) is 0 Å². The van der Waals surface area contributed by atoms with Crippen LogP contribution in [0, 0.1) is 0 Å². The molecule has 0 atom stereocenters. The maximum Gasteiger partial charge on any atom is 0.492 e. The van der Waals surface area contributed by atoms with Gasteiger partial charge in [-0.3, -0.25) is 9.59 Å².